The molecule has 7 heteroatoms. The summed E-state index contributed by atoms with van der Waals surface area (Å²) in [5, 5.41) is 0.474. The van der Waals surface area contributed by atoms with Gasteiger partial charge in [0.2, 0.25) is 6.79 Å². The van der Waals surface area contributed by atoms with E-state index in [-0.39, 0.29) is 6.79 Å². The van der Waals surface area contributed by atoms with Gasteiger partial charge in [-0.3, -0.25) is 0 Å². The van der Waals surface area contributed by atoms with Gasteiger partial charge in [0.1, 0.15) is 5.82 Å². The number of ether oxygens (including phenoxy) is 2. The molecule has 110 valence electrons. The normalized spacial score (nSPS) is 12.7. The molecule has 1 aliphatic heterocycles. The van der Waals surface area contributed by atoms with E-state index in [4.69, 9.17) is 26.8 Å². The number of nitrogens with two attached hydrogens (primary N) is 1. The third-order valence-corrected chi connectivity index (χ3v) is 4.26. The Morgan fingerprint density at radius 2 is 2.14 bits per heavy atom. The fourth-order valence-electron chi connectivity index (χ4n) is 2.14. The fraction of sp³-hybridized carbons (Fsp3) is 0.286. The van der Waals surface area contributed by atoms with E-state index in [1.54, 1.807) is 6.07 Å². The molecule has 1 aliphatic rings. The van der Waals surface area contributed by atoms with Crippen LogP contribution in [0.5, 0.6) is 11.5 Å². The average Bonchev–Trinajstić information content (AvgIpc) is 2.92. The predicted octanol–water partition coefficient (Wildman–Crippen LogP) is 3.82. The number of benzene rings is 1. The highest BCUT2D eigenvalue weighted by Gasteiger charge is 2.20. The van der Waals surface area contributed by atoms with E-state index >= 15 is 0 Å². The molecule has 0 unspecified atom stereocenters. The Hall–Kier alpha value is -1.53. The number of anilines is 1. The van der Waals surface area contributed by atoms with E-state index in [9.17, 15) is 0 Å². The molecule has 5 nitrogen and oxygen atoms in total. The topological polar surface area (TPSA) is 70.3 Å². The van der Waals surface area contributed by atoms with Gasteiger partial charge in [0.05, 0.1) is 15.2 Å². The van der Waals surface area contributed by atoms with Crippen molar-refractivity contribution >= 4 is 33.3 Å². The molecule has 0 amide bonds. The summed E-state index contributed by atoms with van der Waals surface area (Å²) >= 11 is 9.63. The summed E-state index contributed by atoms with van der Waals surface area (Å²) in [6, 6.07) is 3.57. The summed E-state index contributed by atoms with van der Waals surface area (Å²) in [5.74, 6) is 2.09. The maximum atomic E-state index is 6.20. The van der Waals surface area contributed by atoms with Crippen molar-refractivity contribution in [3.05, 3.63) is 27.3 Å². The number of nitrogens with zero attached hydrogens (tertiary/aromatic N) is 2. The number of fused-ring (bicyclic) bond motifs is 1. The fourth-order valence-corrected chi connectivity index (χ4v) is 2.78. The van der Waals surface area contributed by atoms with Gasteiger partial charge in [-0.1, -0.05) is 24.9 Å². The van der Waals surface area contributed by atoms with Crippen LogP contribution in [-0.2, 0) is 6.42 Å². The number of hydrogen-bond donors (Lipinski definition) is 1. The third-order valence-electron chi connectivity index (χ3n) is 3.12. The van der Waals surface area contributed by atoms with Crippen molar-refractivity contribution in [3.8, 4) is 22.9 Å². The van der Waals surface area contributed by atoms with Gasteiger partial charge in [0, 0.05) is 5.56 Å². The largest absolute Gasteiger partial charge is 0.454 e. The highest BCUT2D eigenvalue weighted by Crippen LogP contribution is 2.42. The van der Waals surface area contributed by atoms with Gasteiger partial charge in [-0.2, -0.15) is 0 Å². The molecule has 0 radical (unpaired) electrons. The molecule has 2 aromatic rings. The number of rotatable bonds is 3. The summed E-state index contributed by atoms with van der Waals surface area (Å²) in [6.45, 7) is 2.25. The third kappa shape index (κ3) is 2.65. The first kappa shape index (κ1) is 14.4. The number of aromatic nitrogens is 2. The van der Waals surface area contributed by atoms with Crippen LogP contribution < -0.4 is 15.2 Å². The lowest BCUT2D eigenvalue weighted by molar-refractivity contribution is 0.174. The Balaban J connectivity index is 2.10. The van der Waals surface area contributed by atoms with Crippen LogP contribution in [0.2, 0.25) is 5.02 Å². The monoisotopic (exact) mass is 369 g/mol. The van der Waals surface area contributed by atoms with Gasteiger partial charge in [-0.25, -0.2) is 9.97 Å². The molecule has 1 aromatic carbocycles. The van der Waals surface area contributed by atoms with Crippen LogP contribution in [0.25, 0.3) is 11.4 Å². The minimum absolute atomic E-state index is 0.170. The van der Waals surface area contributed by atoms with Gasteiger partial charge in [0.15, 0.2) is 17.3 Å². The Kier molecular flexibility index (Phi) is 3.91. The maximum absolute atomic E-state index is 6.20. The molecule has 0 spiro atoms. The zero-order valence-electron chi connectivity index (χ0n) is 11.3. The first-order valence-electron chi connectivity index (χ1n) is 6.51. The van der Waals surface area contributed by atoms with Gasteiger partial charge < -0.3 is 15.2 Å². The second-order valence-corrected chi connectivity index (χ2v) is 5.84. The van der Waals surface area contributed by atoms with Crippen LogP contribution in [0.3, 0.4) is 0 Å². The van der Waals surface area contributed by atoms with Crippen molar-refractivity contribution in [3.63, 3.8) is 0 Å². The summed E-state index contributed by atoms with van der Waals surface area (Å²) in [7, 11) is 0. The van der Waals surface area contributed by atoms with Crippen LogP contribution in [-0.4, -0.2) is 16.8 Å². The first-order chi connectivity index (χ1) is 10.1. The van der Waals surface area contributed by atoms with Gasteiger partial charge >= 0.3 is 0 Å². The molecule has 21 heavy (non-hydrogen) atoms. The van der Waals surface area contributed by atoms with Crippen LogP contribution in [0.1, 0.15) is 19.0 Å². The van der Waals surface area contributed by atoms with E-state index in [0.29, 0.717) is 28.2 Å². The van der Waals surface area contributed by atoms with Crippen molar-refractivity contribution in [1.29, 1.82) is 0 Å². The Labute approximate surface area is 135 Å². The zero-order valence-corrected chi connectivity index (χ0v) is 13.7. The van der Waals surface area contributed by atoms with Crippen LogP contribution in [0, 0.1) is 0 Å². The molecule has 0 saturated carbocycles. The Morgan fingerprint density at radius 1 is 1.33 bits per heavy atom. The van der Waals surface area contributed by atoms with E-state index in [1.165, 1.54) is 0 Å². The molecule has 2 heterocycles. The quantitative estimate of drug-likeness (QED) is 0.889. The lowest BCUT2D eigenvalue weighted by Crippen LogP contribution is -2.03. The van der Waals surface area contributed by atoms with E-state index in [2.05, 4.69) is 32.8 Å². The standard InChI is InChI=1S/C14H13BrClN3O2/c1-2-3-9-11(15)13(17)19-14(18-9)7-4-8(16)12-10(5-7)20-6-21-12/h4-5H,2-3,6H2,1H3,(H2,17,18,19). The van der Waals surface area contributed by atoms with Crippen LogP contribution in [0.15, 0.2) is 16.6 Å². The number of aryl methyl sites for hydroxylation is 1. The molecule has 0 aliphatic carbocycles. The van der Waals surface area contributed by atoms with Crippen LogP contribution >= 0.6 is 27.5 Å². The molecule has 0 saturated heterocycles. The minimum atomic E-state index is 0.170. The number of nitrogen functional groups attached to an aromatic ring is 1. The summed E-state index contributed by atoms with van der Waals surface area (Å²) in [5.41, 5.74) is 7.59. The van der Waals surface area contributed by atoms with Crippen molar-refractivity contribution in [2.24, 2.45) is 0 Å². The average molecular weight is 371 g/mol. The molecule has 1 aromatic heterocycles. The second-order valence-electron chi connectivity index (χ2n) is 4.63. The first-order valence-corrected chi connectivity index (χ1v) is 7.68. The highest BCUT2D eigenvalue weighted by atomic mass is 79.9. The molecule has 0 fully saturated rings. The minimum Gasteiger partial charge on any atom is -0.454 e. The number of hydrogen-bond acceptors (Lipinski definition) is 5. The van der Waals surface area contributed by atoms with Crippen molar-refractivity contribution in [2.75, 3.05) is 12.5 Å². The van der Waals surface area contributed by atoms with E-state index < -0.39 is 0 Å². The lowest BCUT2D eigenvalue weighted by Gasteiger charge is -2.09. The Morgan fingerprint density at radius 3 is 2.90 bits per heavy atom. The van der Waals surface area contributed by atoms with Gasteiger partial charge in [-0.05, 0) is 34.5 Å². The van der Waals surface area contributed by atoms with Crippen molar-refractivity contribution in [1.82, 2.24) is 9.97 Å². The number of halogens is 2. The van der Waals surface area contributed by atoms with Gasteiger partial charge in [0.25, 0.3) is 0 Å². The second kappa shape index (κ2) is 5.69. The lowest BCUT2D eigenvalue weighted by atomic mass is 10.1. The summed E-state index contributed by atoms with van der Waals surface area (Å²) in [4.78, 5) is 8.88. The van der Waals surface area contributed by atoms with E-state index in [0.717, 1.165) is 28.6 Å². The Bertz CT molecular complexity index is 709. The van der Waals surface area contributed by atoms with Crippen LogP contribution in [0.4, 0.5) is 5.82 Å². The SMILES string of the molecule is CCCc1nc(-c2cc(Cl)c3c(c2)OCO3)nc(N)c1Br. The summed E-state index contributed by atoms with van der Waals surface area (Å²) in [6.07, 6.45) is 1.79. The molecule has 0 atom stereocenters. The maximum Gasteiger partial charge on any atom is 0.231 e. The van der Waals surface area contributed by atoms with Crippen molar-refractivity contribution < 1.29 is 9.47 Å². The highest BCUT2D eigenvalue weighted by molar-refractivity contribution is 9.10. The molecular weight excluding hydrogens is 358 g/mol. The summed E-state index contributed by atoms with van der Waals surface area (Å²) < 4.78 is 11.4. The zero-order chi connectivity index (χ0) is 15.0. The van der Waals surface area contributed by atoms with Gasteiger partial charge in [-0.15, -0.1) is 0 Å². The van der Waals surface area contributed by atoms with Crippen molar-refractivity contribution in [2.45, 2.75) is 19.8 Å². The molecule has 3 rings (SSSR count). The molecular formula is C14H13BrClN3O2. The smallest absolute Gasteiger partial charge is 0.231 e. The predicted molar refractivity (Wildman–Crippen MR) is 84.7 cm³/mol. The van der Waals surface area contributed by atoms with E-state index in [1.807, 2.05) is 6.07 Å². The molecule has 2 N–H and O–H groups in total. The molecule has 0 bridgehead atoms.